The van der Waals surface area contributed by atoms with Crippen molar-refractivity contribution >= 4 is 45.5 Å². The summed E-state index contributed by atoms with van der Waals surface area (Å²) >= 11 is 9.87. The van der Waals surface area contributed by atoms with Crippen molar-refractivity contribution in [1.82, 2.24) is 10.2 Å². The van der Waals surface area contributed by atoms with Gasteiger partial charge in [-0.15, -0.1) is 0 Å². The predicted molar refractivity (Wildman–Crippen MR) is 135 cm³/mol. The van der Waals surface area contributed by atoms with Crippen LogP contribution in [0.3, 0.4) is 0 Å². The quantitative estimate of drug-likeness (QED) is 0.290. The van der Waals surface area contributed by atoms with Crippen molar-refractivity contribution in [3.05, 3.63) is 98.1 Å². The molecule has 1 aliphatic rings. The van der Waals surface area contributed by atoms with Gasteiger partial charge in [-0.25, -0.2) is 4.79 Å². The Morgan fingerprint density at radius 2 is 1.82 bits per heavy atom. The van der Waals surface area contributed by atoms with Crippen molar-refractivity contribution in [1.29, 1.82) is 0 Å². The van der Waals surface area contributed by atoms with E-state index >= 15 is 0 Å². The fraction of sp³-hybridized carbons (Fsp3) is 0.154. The fourth-order valence-electron chi connectivity index (χ4n) is 3.57. The lowest BCUT2D eigenvalue weighted by Crippen LogP contribution is -2.30. The molecule has 1 heterocycles. The minimum absolute atomic E-state index is 0.161. The second-order valence-corrected chi connectivity index (χ2v) is 9.14. The van der Waals surface area contributed by atoms with Crippen LogP contribution in [-0.4, -0.2) is 23.9 Å². The number of imide groups is 1. The summed E-state index contributed by atoms with van der Waals surface area (Å²) in [6, 6.07) is 18.3. The number of halogens is 2. The number of carbonyl (C=O) groups excluding carboxylic acids is 2. The number of rotatable bonds is 7. The molecule has 1 fully saturated rings. The summed E-state index contributed by atoms with van der Waals surface area (Å²) in [5.41, 5.74) is 3.74. The third-order valence-electron chi connectivity index (χ3n) is 5.24. The molecule has 34 heavy (non-hydrogen) atoms. The number of benzene rings is 3. The van der Waals surface area contributed by atoms with Gasteiger partial charge in [0.05, 0.1) is 18.7 Å². The van der Waals surface area contributed by atoms with Crippen LogP contribution in [0, 0.1) is 6.92 Å². The molecule has 4 rings (SSSR count). The minimum atomic E-state index is -0.477. The highest BCUT2D eigenvalue weighted by atomic mass is 79.9. The Kier molecular flexibility index (Phi) is 7.24. The maximum Gasteiger partial charge on any atom is 0.329 e. The number of nitrogens with one attached hydrogen (secondary N) is 1. The van der Waals surface area contributed by atoms with Crippen LogP contribution in [0.1, 0.15) is 22.3 Å². The first-order valence-electron chi connectivity index (χ1n) is 10.5. The number of amides is 3. The number of hydrogen-bond acceptors (Lipinski definition) is 4. The van der Waals surface area contributed by atoms with E-state index in [2.05, 4.69) is 21.2 Å². The molecule has 6 nitrogen and oxygen atoms in total. The molecule has 0 aromatic heterocycles. The van der Waals surface area contributed by atoms with Crippen LogP contribution in [-0.2, 0) is 17.9 Å². The lowest BCUT2D eigenvalue weighted by molar-refractivity contribution is -0.123. The first kappa shape index (κ1) is 23.9. The van der Waals surface area contributed by atoms with Crippen LogP contribution in [0.25, 0.3) is 6.08 Å². The second kappa shape index (κ2) is 10.3. The zero-order valence-corrected chi connectivity index (χ0v) is 20.9. The lowest BCUT2D eigenvalue weighted by Gasteiger charge is -2.14. The summed E-state index contributed by atoms with van der Waals surface area (Å²) in [5, 5.41) is 2.97. The summed E-state index contributed by atoms with van der Waals surface area (Å²) in [6.45, 7) is 2.52. The molecule has 3 aromatic rings. The molecule has 174 valence electrons. The largest absolute Gasteiger partial charge is 0.493 e. The van der Waals surface area contributed by atoms with E-state index in [4.69, 9.17) is 21.1 Å². The van der Waals surface area contributed by atoms with E-state index in [1.165, 1.54) is 7.11 Å². The number of ether oxygens (including phenoxy) is 2. The van der Waals surface area contributed by atoms with Gasteiger partial charge in [0.15, 0.2) is 11.5 Å². The molecule has 1 N–H and O–H groups in total. The average Bonchev–Trinajstić information content (AvgIpc) is 3.06. The third-order valence-corrected chi connectivity index (χ3v) is 6.05. The van der Waals surface area contributed by atoms with Crippen molar-refractivity contribution in [3.8, 4) is 11.5 Å². The molecule has 1 aliphatic heterocycles. The maximum atomic E-state index is 12.9. The highest BCUT2D eigenvalue weighted by Crippen LogP contribution is 2.37. The Balaban J connectivity index is 1.53. The summed E-state index contributed by atoms with van der Waals surface area (Å²) < 4.78 is 12.3. The van der Waals surface area contributed by atoms with Crippen LogP contribution >= 0.6 is 27.5 Å². The Labute approximate surface area is 211 Å². The molecule has 3 amide bonds. The maximum absolute atomic E-state index is 12.9. The van der Waals surface area contributed by atoms with Crippen LogP contribution in [0.15, 0.2) is 70.8 Å². The van der Waals surface area contributed by atoms with Crippen molar-refractivity contribution in [2.45, 2.75) is 20.1 Å². The first-order chi connectivity index (χ1) is 16.3. The summed E-state index contributed by atoms with van der Waals surface area (Å²) in [5.74, 6) is 0.421. The molecular formula is C26H22BrClN2O4. The van der Waals surface area contributed by atoms with Crippen LogP contribution in [0.5, 0.6) is 11.5 Å². The van der Waals surface area contributed by atoms with Crippen LogP contribution in [0.4, 0.5) is 4.79 Å². The van der Waals surface area contributed by atoms with Gasteiger partial charge in [-0.3, -0.25) is 9.69 Å². The summed E-state index contributed by atoms with van der Waals surface area (Å²) in [6.07, 6.45) is 1.57. The van der Waals surface area contributed by atoms with Gasteiger partial charge in [0, 0.05) is 4.47 Å². The van der Waals surface area contributed by atoms with E-state index in [1.807, 2.05) is 55.5 Å². The van der Waals surface area contributed by atoms with Gasteiger partial charge in [0.2, 0.25) is 0 Å². The van der Waals surface area contributed by atoms with Crippen molar-refractivity contribution < 1.29 is 19.1 Å². The molecule has 0 atom stereocenters. The van der Waals surface area contributed by atoms with Gasteiger partial charge in [-0.2, -0.15) is 0 Å². The molecule has 1 saturated heterocycles. The Hall–Kier alpha value is -3.29. The predicted octanol–water partition coefficient (Wildman–Crippen LogP) is 6.09. The van der Waals surface area contributed by atoms with Gasteiger partial charge in [-0.1, -0.05) is 69.5 Å². The number of carbonyl (C=O) groups is 2. The number of methoxy groups -OCH3 is 1. The third kappa shape index (κ3) is 5.43. The zero-order valence-electron chi connectivity index (χ0n) is 18.6. The number of urea groups is 1. The average molecular weight is 542 g/mol. The topological polar surface area (TPSA) is 67.9 Å². The van der Waals surface area contributed by atoms with Gasteiger partial charge in [0.25, 0.3) is 5.91 Å². The summed E-state index contributed by atoms with van der Waals surface area (Å²) in [4.78, 5) is 26.4. The number of hydrogen-bond donors (Lipinski definition) is 1. The second-order valence-electron chi connectivity index (χ2n) is 7.82. The molecule has 8 heteroatoms. The van der Waals surface area contributed by atoms with Gasteiger partial charge in [-0.05, 0) is 54.0 Å². The fourth-order valence-corrected chi connectivity index (χ4v) is 4.11. The molecule has 0 spiro atoms. The molecule has 0 unspecified atom stereocenters. The molecule has 3 aromatic carbocycles. The normalized spacial score (nSPS) is 14.5. The standard InChI is InChI=1S/C26H22BrClN2O4/c1-16-4-3-5-18(10-16)15-34-24-21(28)11-19(13-23(24)33-2)12-22-25(31)30(26(32)29-22)14-17-6-8-20(27)9-7-17/h3-13H,14-15H2,1-2H3,(H,29,32)/b22-12+. The molecule has 0 bridgehead atoms. The number of aryl methyl sites for hydroxylation is 1. The van der Waals surface area contributed by atoms with Gasteiger partial charge in [0.1, 0.15) is 12.3 Å². The SMILES string of the molecule is COc1cc(/C=C2/NC(=O)N(Cc3ccc(Br)cc3)C2=O)cc(Cl)c1OCc1cccc(C)c1. The van der Waals surface area contributed by atoms with E-state index in [0.29, 0.717) is 28.7 Å². The smallest absolute Gasteiger partial charge is 0.329 e. The van der Waals surface area contributed by atoms with E-state index in [0.717, 1.165) is 26.1 Å². The molecule has 0 saturated carbocycles. The molecular weight excluding hydrogens is 520 g/mol. The first-order valence-corrected chi connectivity index (χ1v) is 11.7. The Bertz CT molecular complexity index is 1270. The molecule has 0 radical (unpaired) electrons. The zero-order chi connectivity index (χ0) is 24.2. The lowest BCUT2D eigenvalue weighted by atomic mass is 10.1. The van der Waals surface area contributed by atoms with Crippen molar-refractivity contribution in [2.24, 2.45) is 0 Å². The van der Waals surface area contributed by atoms with E-state index in [1.54, 1.807) is 18.2 Å². The van der Waals surface area contributed by atoms with E-state index < -0.39 is 11.9 Å². The minimum Gasteiger partial charge on any atom is -0.493 e. The van der Waals surface area contributed by atoms with Crippen molar-refractivity contribution in [2.75, 3.05) is 7.11 Å². The van der Waals surface area contributed by atoms with E-state index in [-0.39, 0.29) is 12.2 Å². The summed E-state index contributed by atoms with van der Waals surface area (Å²) in [7, 11) is 1.52. The Morgan fingerprint density at radius 1 is 1.06 bits per heavy atom. The van der Waals surface area contributed by atoms with E-state index in [9.17, 15) is 9.59 Å². The van der Waals surface area contributed by atoms with Gasteiger partial charge >= 0.3 is 6.03 Å². The monoisotopic (exact) mass is 540 g/mol. The highest BCUT2D eigenvalue weighted by Gasteiger charge is 2.33. The molecule has 0 aliphatic carbocycles. The van der Waals surface area contributed by atoms with Crippen LogP contribution in [0.2, 0.25) is 5.02 Å². The van der Waals surface area contributed by atoms with Crippen LogP contribution < -0.4 is 14.8 Å². The van der Waals surface area contributed by atoms with Gasteiger partial charge < -0.3 is 14.8 Å². The Morgan fingerprint density at radius 3 is 2.53 bits per heavy atom. The number of nitrogens with zero attached hydrogens (tertiary/aromatic N) is 1. The highest BCUT2D eigenvalue weighted by molar-refractivity contribution is 9.10. The van der Waals surface area contributed by atoms with Crippen molar-refractivity contribution in [3.63, 3.8) is 0 Å².